The van der Waals surface area contributed by atoms with E-state index in [4.69, 9.17) is 9.26 Å². The van der Waals surface area contributed by atoms with Crippen molar-refractivity contribution < 1.29 is 14.1 Å². The Hall–Kier alpha value is -3.12. The number of hydrogen-bond donors (Lipinski definition) is 0. The van der Waals surface area contributed by atoms with Crippen LogP contribution in [0, 0.1) is 6.92 Å². The van der Waals surface area contributed by atoms with E-state index in [1.165, 1.54) is 0 Å². The van der Waals surface area contributed by atoms with Gasteiger partial charge in [0.2, 0.25) is 5.88 Å². The monoisotopic (exact) mass is 417 g/mol. The van der Waals surface area contributed by atoms with Crippen LogP contribution in [0.4, 0.5) is 5.88 Å². The minimum absolute atomic E-state index is 0.0654. The second-order valence-electron chi connectivity index (χ2n) is 8.31. The quantitative estimate of drug-likeness (QED) is 0.599. The minimum Gasteiger partial charge on any atom is -0.378 e. The van der Waals surface area contributed by atoms with Crippen molar-refractivity contribution in [1.29, 1.82) is 0 Å². The van der Waals surface area contributed by atoms with Crippen LogP contribution in [0.25, 0.3) is 11.3 Å². The Morgan fingerprint density at radius 3 is 2.45 bits per heavy atom. The van der Waals surface area contributed by atoms with Crippen molar-refractivity contribution in [2.24, 2.45) is 0 Å². The van der Waals surface area contributed by atoms with E-state index in [-0.39, 0.29) is 11.9 Å². The second-order valence-corrected chi connectivity index (χ2v) is 8.31. The van der Waals surface area contributed by atoms with Gasteiger partial charge in [0, 0.05) is 30.3 Å². The molecular formula is C25H27N3O3. The Balaban J connectivity index is 1.51. The standard InChI is InChI=1S/C25H27N3O3/c1-18-7-9-20(10-8-18)24(29)28(21-11-12-21)17-22-23(19-5-3-2-4-6-19)26-31-25(22)27-13-15-30-16-14-27/h2-10,21H,11-17H2,1H3. The molecule has 0 spiro atoms. The molecule has 3 aromatic rings. The Morgan fingerprint density at radius 2 is 1.77 bits per heavy atom. The summed E-state index contributed by atoms with van der Waals surface area (Å²) in [7, 11) is 0. The molecule has 160 valence electrons. The lowest BCUT2D eigenvalue weighted by atomic mass is 10.1. The van der Waals surface area contributed by atoms with Crippen LogP contribution in [0.5, 0.6) is 0 Å². The molecular weight excluding hydrogens is 390 g/mol. The molecule has 0 radical (unpaired) electrons. The van der Waals surface area contributed by atoms with Crippen LogP contribution < -0.4 is 4.90 Å². The molecule has 1 saturated carbocycles. The highest BCUT2D eigenvalue weighted by Crippen LogP contribution is 2.36. The van der Waals surface area contributed by atoms with Crippen LogP contribution in [0.1, 0.15) is 34.3 Å². The first kappa shape index (κ1) is 19.8. The summed E-state index contributed by atoms with van der Waals surface area (Å²) in [6, 6.07) is 18.1. The Kier molecular flexibility index (Phi) is 5.47. The van der Waals surface area contributed by atoms with Gasteiger partial charge in [0.25, 0.3) is 5.91 Å². The molecule has 31 heavy (non-hydrogen) atoms. The maximum atomic E-state index is 13.4. The zero-order chi connectivity index (χ0) is 21.2. The number of amides is 1. The van der Waals surface area contributed by atoms with Crippen LogP contribution in [-0.4, -0.2) is 48.3 Å². The fraction of sp³-hybridized carbons (Fsp3) is 0.360. The summed E-state index contributed by atoms with van der Waals surface area (Å²) in [5.74, 6) is 0.820. The fourth-order valence-corrected chi connectivity index (χ4v) is 4.07. The van der Waals surface area contributed by atoms with E-state index in [1.807, 2.05) is 66.4 Å². The third-order valence-electron chi connectivity index (χ3n) is 5.99. The highest BCUT2D eigenvalue weighted by Gasteiger charge is 2.36. The molecule has 1 saturated heterocycles. The number of morpholine rings is 1. The number of anilines is 1. The van der Waals surface area contributed by atoms with E-state index < -0.39 is 0 Å². The summed E-state index contributed by atoms with van der Waals surface area (Å²) in [6.07, 6.45) is 2.08. The Bertz CT molecular complexity index is 1040. The number of nitrogens with zero attached hydrogens (tertiary/aromatic N) is 3. The van der Waals surface area contributed by atoms with Gasteiger partial charge in [0.1, 0.15) is 5.69 Å². The molecule has 2 aliphatic rings. The maximum Gasteiger partial charge on any atom is 0.254 e. The fourth-order valence-electron chi connectivity index (χ4n) is 4.07. The molecule has 0 N–H and O–H groups in total. The Labute approximate surface area is 182 Å². The van der Waals surface area contributed by atoms with Crippen molar-refractivity contribution in [2.75, 3.05) is 31.2 Å². The van der Waals surface area contributed by atoms with E-state index in [2.05, 4.69) is 10.1 Å². The van der Waals surface area contributed by atoms with E-state index in [0.717, 1.165) is 59.8 Å². The third-order valence-corrected chi connectivity index (χ3v) is 5.99. The molecule has 6 heteroatoms. The van der Waals surface area contributed by atoms with Crippen molar-refractivity contribution in [1.82, 2.24) is 10.1 Å². The van der Waals surface area contributed by atoms with E-state index in [1.54, 1.807) is 0 Å². The first-order valence-electron chi connectivity index (χ1n) is 10.9. The number of carbonyl (C=O) groups is 1. The van der Waals surface area contributed by atoms with E-state index in [0.29, 0.717) is 19.8 Å². The molecule has 6 nitrogen and oxygen atoms in total. The van der Waals surface area contributed by atoms with Crippen molar-refractivity contribution in [3.63, 3.8) is 0 Å². The molecule has 2 aromatic carbocycles. The summed E-state index contributed by atoms with van der Waals surface area (Å²) in [6.45, 7) is 5.35. The molecule has 1 aliphatic carbocycles. The van der Waals surface area contributed by atoms with Gasteiger partial charge in [-0.05, 0) is 31.9 Å². The van der Waals surface area contributed by atoms with Gasteiger partial charge in [-0.25, -0.2) is 0 Å². The topological polar surface area (TPSA) is 58.8 Å². The number of carbonyl (C=O) groups excluding carboxylic acids is 1. The van der Waals surface area contributed by atoms with Gasteiger partial charge >= 0.3 is 0 Å². The second kappa shape index (κ2) is 8.55. The number of aryl methyl sites for hydroxylation is 1. The van der Waals surface area contributed by atoms with Gasteiger partial charge in [-0.3, -0.25) is 4.79 Å². The molecule has 1 amide bonds. The lowest BCUT2D eigenvalue weighted by Gasteiger charge is -2.28. The predicted octanol–water partition coefficient (Wildman–Crippen LogP) is 4.29. The first-order valence-corrected chi connectivity index (χ1v) is 10.9. The van der Waals surface area contributed by atoms with Gasteiger partial charge < -0.3 is 19.1 Å². The lowest BCUT2D eigenvalue weighted by molar-refractivity contribution is 0.0729. The Morgan fingerprint density at radius 1 is 1.06 bits per heavy atom. The molecule has 0 atom stereocenters. The van der Waals surface area contributed by atoms with Gasteiger partial charge in [0.15, 0.2) is 0 Å². The molecule has 0 unspecified atom stereocenters. The first-order chi connectivity index (χ1) is 15.2. The van der Waals surface area contributed by atoms with Crippen molar-refractivity contribution in [3.05, 3.63) is 71.3 Å². The highest BCUT2D eigenvalue weighted by molar-refractivity contribution is 5.94. The smallest absolute Gasteiger partial charge is 0.254 e. The number of ether oxygens (including phenoxy) is 1. The lowest BCUT2D eigenvalue weighted by Crippen LogP contribution is -2.37. The zero-order valence-corrected chi connectivity index (χ0v) is 17.8. The highest BCUT2D eigenvalue weighted by atomic mass is 16.5. The summed E-state index contributed by atoms with van der Waals surface area (Å²) in [5, 5.41) is 4.44. The van der Waals surface area contributed by atoms with E-state index in [9.17, 15) is 4.79 Å². The minimum atomic E-state index is 0.0654. The maximum absolute atomic E-state index is 13.4. The van der Waals surface area contributed by atoms with Crippen LogP contribution in [-0.2, 0) is 11.3 Å². The summed E-state index contributed by atoms with van der Waals surface area (Å²) >= 11 is 0. The van der Waals surface area contributed by atoms with Crippen LogP contribution in [0.3, 0.4) is 0 Å². The predicted molar refractivity (Wildman–Crippen MR) is 119 cm³/mol. The molecule has 1 aromatic heterocycles. The van der Waals surface area contributed by atoms with E-state index >= 15 is 0 Å². The van der Waals surface area contributed by atoms with Crippen LogP contribution >= 0.6 is 0 Å². The zero-order valence-electron chi connectivity index (χ0n) is 17.8. The summed E-state index contributed by atoms with van der Waals surface area (Å²) in [5.41, 5.74) is 4.65. The summed E-state index contributed by atoms with van der Waals surface area (Å²) < 4.78 is 11.4. The SMILES string of the molecule is Cc1ccc(C(=O)N(Cc2c(-c3ccccc3)noc2N2CCOCC2)C2CC2)cc1. The molecule has 5 rings (SSSR count). The normalized spacial score (nSPS) is 16.4. The van der Waals surface area contributed by atoms with Gasteiger partial charge in [-0.2, -0.15) is 0 Å². The van der Waals surface area contributed by atoms with Crippen molar-refractivity contribution in [2.45, 2.75) is 32.4 Å². The number of hydrogen-bond acceptors (Lipinski definition) is 5. The number of rotatable bonds is 6. The van der Waals surface area contributed by atoms with Crippen LogP contribution in [0.15, 0.2) is 59.1 Å². The molecule has 0 bridgehead atoms. The van der Waals surface area contributed by atoms with Crippen molar-refractivity contribution in [3.8, 4) is 11.3 Å². The van der Waals surface area contributed by atoms with Crippen LogP contribution in [0.2, 0.25) is 0 Å². The van der Waals surface area contributed by atoms with Crippen molar-refractivity contribution >= 4 is 11.8 Å². The van der Waals surface area contributed by atoms with Gasteiger partial charge in [0.05, 0.1) is 25.3 Å². The number of aromatic nitrogens is 1. The third kappa shape index (κ3) is 4.21. The molecule has 2 heterocycles. The average Bonchev–Trinajstić information content (AvgIpc) is 3.57. The average molecular weight is 418 g/mol. The largest absolute Gasteiger partial charge is 0.378 e. The summed E-state index contributed by atoms with van der Waals surface area (Å²) in [4.78, 5) is 17.6. The van der Waals surface area contributed by atoms with Gasteiger partial charge in [-0.1, -0.05) is 53.2 Å². The number of benzene rings is 2. The molecule has 2 fully saturated rings. The van der Waals surface area contributed by atoms with Gasteiger partial charge in [-0.15, -0.1) is 0 Å². The molecule has 1 aliphatic heterocycles.